The Morgan fingerprint density at radius 3 is 2.60 bits per heavy atom. The van der Waals surface area contributed by atoms with Crippen LogP contribution in [-0.2, 0) is 11.3 Å². The van der Waals surface area contributed by atoms with Crippen LogP contribution in [-0.4, -0.2) is 33.9 Å². The zero-order chi connectivity index (χ0) is 17.8. The topological polar surface area (TPSA) is 66.2 Å². The van der Waals surface area contributed by atoms with E-state index in [2.05, 4.69) is 10.1 Å². The molecule has 0 bridgehead atoms. The lowest BCUT2D eigenvalue weighted by Crippen LogP contribution is -2.12. The van der Waals surface area contributed by atoms with Crippen molar-refractivity contribution in [1.29, 1.82) is 0 Å². The zero-order valence-electron chi connectivity index (χ0n) is 14.7. The van der Waals surface area contributed by atoms with Crippen LogP contribution in [0, 0.1) is 6.92 Å². The van der Waals surface area contributed by atoms with E-state index in [1.807, 2.05) is 41.9 Å². The monoisotopic (exact) mass is 339 g/mol. The average molecular weight is 339 g/mol. The molecule has 0 aliphatic heterocycles. The first-order valence-electron chi connectivity index (χ1n) is 8.35. The Kier molecular flexibility index (Phi) is 4.97. The van der Waals surface area contributed by atoms with Crippen LogP contribution >= 0.6 is 0 Å². The van der Waals surface area contributed by atoms with E-state index in [0.717, 1.165) is 5.56 Å². The summed E-state index contributed by atoms with van der Waals surface area (Å²) < 4.78 is 12.7. The molecule has 0 spiro atoms. The fourth-order valence-electron chi connectivity index (χ4n) is 2.78. The second-order valence-electron chi connectivity index (χ2n) is 5.58. The molecule has 2 heterocycles. The highest BCUT2D eigenvalue weighted by atomic mass is 16.5. The quantitative estimate of drug-likeness (QED) is 0.644. The van der Waals surface area contributed by atoms with Crippen LogP contribution < -0.4 is 4.74 Å². The minimum atomic E-state index is -0.423. The third-order valence-electron chi connectivity index (χ3n) is 3.86. The lowest BCUT2D eigenvalue weighted by molar-refractivity contribution is 0.0521. The molecule has 2 aromatic heterocycles. The van der Waals surface area contributed by atoms with E-state index in [1.165, 1.54) is 0 Å². The summed E-state index contributed by atoms with van der Waals surface area (Å²) in [5.74, 6) is 0.0661. The number of hydrogen-bond donors (Lipinski definition) is 0. The van der Waals surface area contributed by atoms with E-state index in [4.69, 9.17) is 9.47 Å². The molecule has 1 aromatic carbocycles. The van der Waals surface area contributed by atoms with E-state index >= 15 is 0 Å². The predicted molar refractivity (Wildman–Crippen MR) is 94.9 cm³/mol. The first kappa shape index (κ1) is 17.0. The highest BCUT2D eigenvalue weighted by Gasteiger charge is 2.23. The molecule has 0 saturated carbocycles. The van der Waals surface area contributed by atoms with Crippen LogP contribution in [0.5, 0.6) is 5.75 Å². The minimum absolute atomic E-state index is 0.301. The van der Waals surface area contributed by atoms with Crippen LogP contribution in [0.4, 0.5) is 0 Å². The SMILES string of the molecule is CCOC(=O)c1c(C)nc2c(cnn2Cc2ccccc2)c1OCC. The van der Waals surface area contributed by atoms with Gasteiger partial charge in [-0.2, -0.15) is 5.10 Å². The maximum atomic E-state index is 12.3. The lowest BCUT2D eigenvalue weighted by Gasteiger charge is -2.13. The fourth-order valence-corrected chi connectivity index (χ4v) is 2.78. The molecule has 0 unspecified atom stereocenters. The lowest BCUT2D eigenvalue weighted by atomic mass is 10.1. The molecule has 3 aromatic rings. The van der Waals surface area contributed by atoms with Crippen molar-refractivity contribution in [3.8, 4) is 5.75 Å². The van der Waals surface area contributed by atoms with Crippen molar-refractivity contribution in [3.05, 3.63) is 53.3 Å². The average Bonchev–Trinajstić information content (AvgIpc) is 2.99. The van der Waals surface area contributed by atoms with Gasteiger partial charge in [-0.15, -0.1) is 0 Å². The number of carbonyl (C=O) groups excluding carboxylic acids is 1. The Morgan fingerprint density at radius 1 is 1.16 bits per heavy atom. The van der Waals surface area contributed by atoms with Crippen molar-refractivity contribution in [3.63, 3.8) is 0 Å². The van der Waals surface area contributed by atoms with Crippen molar-refractivity contribution >= 4 is 17.0 Å². The number of aromatic nitrogens is 3. The molecule has 0 atom stereocenters. The van der Waals surface area contributed by atoms with Crippen LogP contribution in [0.15, 0.2) is 36.5 Å². The third-order valence-corrected chi connectivity index (χ3v) is 3.86. The summed E-state index contributed by atoms with van der Waals surface area (Å²) in [6, 6.07) is 10.0. The van der Waals surface area contributed by atoms with E-state index in [1.54, 1.807) is 20.0 Å². The third kappa shape index (κ3) is 3.33. The number of ether oxygens (including phenoxy) is 2. The van der Waals surface area contributed by atoms with Crippen LogP contribution in [0.3, 0.4) is 0 Å². The maximum absolute atomic E-state index is 12.3. The maximum Gasteiger partial charge on any atom is 0.343 e. The number of pyridine rings is 1. The Hall–Kier alpha value is -2.89. The highest BCUT2D eigenvalue weighted by molar-refractivity contribution is 6.00. The summed E-state index contributed by atoms with van der Waals surface area (Å²) in [6.45, 7) is 6.78. The van der Waals surface area contributed by atoms with Crippen molar-refractivity contribution in [1.82, 2.24) is 14.8 Å². The number of fused-ring (bicyclic) bond motifs is 1. The van der Waals surface area contributed by atoms with Crippen molar-refractivity contribution in [2.45, 2.75) is 27.3 Å². The molecule has 3 rings (SSSR count). The van der Waals surface area contributed by atoms with Crippen LogP contribution in [0.25, 0.3) is 11.0 Å². The minimum Gasteiger partial charge on any atom is -0.492 e. The Balaban J connectivity index is 2.11. The van der Waals surface area contributed by atoms with Crippen LogP contribution in [0.1, 0.15) is 35.5 Å². The Morgan fingerprint density at radius 2 is 1.92 bits per heavy atom. The second kappa shape index (κ2) is 7.34. The molecular formula is C19H21N3O3. The van der Waals surface area contributed by atoms with Gasteiger partial charge in [-0.05, 0) is 26.3 Å². The number of aryl methyl sites for hydroxylation is 1. The van der Waals surface area contributed by atoms with Gasteiger partial charge in [0.25, 0.3) is 0 Å². The summed E-state index contributed by atoms with van der Waals surface area (Å²) in [7, 11) is 0. The smallest absolute Gasteiger partial charge is 0.343 e. The van der Waals surface area contributed by atoms with Gasteiger partial charge in [-0.3, -0.25) is 0 Å². The molecule has 0 aliphatic rings. The molecular weight excluding hydrogens is 318 g/mol. The molecule has 25 heavy (non-hydrogen) atoms. The van der Waals surface area contributed by atoms with Gasteiger partial charge >= 0.3 is 5.97 Å². The number of esters is 1. The summed E-state index contributed by atoms with van der Waals surface area (Å²) in [5.41, 5.74) is 2.76. The van der Waals surface area contributed by atoms with Gasteiger partial charge in [0.05, 0.1) is 37.0 Å². The van der Waals surface area contributed by atoms with E-state index in [0.29, 0.717) is 47.8 Å². The first-order valence-corrected chi connectivity index (χ1v) is 8.35. The molecule has 6 heteroatoms. The first-order chi connectivity index (χ1) is 12.2. The number of rotatable bonds is 6. The molecule has 0 saturated heterocycles. The van der Waals surface area contributed by atoms with Crippen LogP contribution in [0.2, 0.25) is 0 Å². The number of hydrogen-bond acceptors (Lipinski definition) is 5. The Labute approximate surface area is 146 Å². The summed E-state index contributed by atoms with van der Waals surface area (Å²) in [5, 5.41) is 5.16. The molecule has 0 radical (unpaired) electrons. The molecule has 6 nitrogen and oxygen atoms in total. The van der Waals surface area contributed by atoms with Gasteiger partial charge in [-0.25, -0.2) is 14.5 Å². The van der Waals surface area contributed by atoms with Crippen molar-refractivity contribution < 1.29 is 14.3 Å². The number of carbonyl (C=O) groups is 1. The summed E-state index contributed by atoms with van der Waals surface area (Å²) >= 11 is 0. The molecule has 0 N–H and O–H groups in total. The molecule has 0 fully saturated rings. The highest BCUT2D eigenvalue weighted by Crippen LogP contribution is 2.31. The van der Waals surface area contributed by atoms with Gasteiger partial charge in [0.1, 0.15) is 11.3 Å². The van der Waals surface area contributed by atoms with Crippen molar-refractivity contribution in [2.75, 3.05) is 13.2 Å². The molecule has 130 valence electrons. The Bertz CT molecular complexity index is 888. The standard InChI is InChI=1S/C19H21N3O3/c1-4-24-17-15-11-20-22(12-14-9-7-6-8-10-14)18(15)21-13(3)16(17)19(23)25-5-2/h6-11H,4-5,12H2,1-3H3. The summed E-state index contributed by atoms with van der Waals surface area (Å²) in [6.07, 6.45) is 1.69. The van der Waals surface area contributed by atoms with Gasteiger partial charge in [0.2, 0.25) is 0 Å². The van der Waals surface area contributed by atoms with Gasteiger partial charge in [-0.1, -0.05) is 30.3 Å². The molecule has 0 aliphatic carbocycles. The second-order valence-corrected chi connectivity index (χ2v) is 5.58. The number of benzene rings is 1. The van der Waals surface area contributed by atoms with Gasteiger partial charge < -0.3 is 9.47 Å². The van der Waals surface area contributed by atoms with Crippen molar-refractivity contribution in [2.24, 2.45) is 0 Å². The number of nitrogens with zero attached hydrogens (tertiary/aromatic N) is 3. The summed E-state index contributed by atoms with van der Waals surface area (Å²) in [4.78, 5) is 16.9. The normalized spacial score (nSPS) is 10.8. The van der Waals surface area contributed by atoms with E-state index < -0.39 is 5.97 Å². The molecule has 0 amide bonds. The zero-order valence-corrected chi connectivity index (χ0v) is 14.7. The predicted octanol–water partition coefficient (Wildman–Crippen LogP) is 3.36. The van der Waals surface area contributed by atoms with Gasteiger partial charge in [0, 0.05) is 0 Å². The fraction of sp³-hybridized carbons (Fsp3) is 0.316. The van der Waals surface area contributed by atoms with Gasteiger partial charge in [0.15, 0.2) is 5.65 Å². The van der Waals surface area contributed by atoms with E-state index in [9.17, 15) is 4.79 Å². The largest absolute Gasteiger partial charge is 0.492 e. The van der Waals surface area contributed by atoms with E-state index in [-0.39, 0.29) is 0 Å².